The lowest BCUT2D eigenvalue weighted by molar-refractivity contribution is 0.102. The predicted molar refractivity (Wildman–Crippen MR) is 135 cm³/mol. The van der Waals surface area contributed by atoms with Crippen LogP contribution in [0.5, 0.6) is 11.5 Å². The Hall–Kier alpha value is -4.30. The molecule has 4 aromatic rings. The average molecular weight is 473 g/mol. The van der Waals surface area contributed by atoms with Crippen LogP contribution in [0.3, 0.4) is 0 Å². The SMILES string of the molecule is COc1cccc(CNCCNc2nc(C(=O)Nc3ccc(OCc4ccccc4)cc3)co2)c1. The molecule has 35 heavy (non-hydrogen) atoms. The summed E-state index contributed by atoms with van der Waals surface area (Å²) in [7, 11) is 1.65. The van der Waals surface area contributed by atoms with Crippen molar-refractivity contribution in [2.45, 2.75) is 13.2 Å². The number of benzene rings is 3. The number of anilines is 2. The third-order valence-electron chi connectivity index (χ3n) is 5.14. The van der Waals surface area contributed by atoms with E-state index in [2.05, 4.69) is 20.9 Å². The minimum atomic E-state index is -0.351. The molecule has 0 aliphatic rings. The highest BCUT2D eigenvalue weighted by Gasteiger charge is 2.12. The van der Waals surface area contributed by atoms with Crippen molar-refractivity contribution in [3.63, 3.8) is 0 Å². The van der Waals surface area contributed by atoms with Crippen molar-refractivity contribution in [3.8, 4) is 11.5 Å². The molecule has 3 aromatic carbocycles. The van der Waals surface area contributed by atoms with Gasteiger partial charge in [-0.15, -0.1) is 0 Å². The Labute approximate surface area is 204 Å². The van der Waals surface area contributed by atoms with E-state index in [9.17, 15) is 4.79 Å². The number of carbonyl (C=O) groups excluding carboxylic acids is 1. The maximum Gasteiger partial charge on any atom is 0.295 e. The molecule has 180 valence electrons. The summed E-state index contributed by atoms with van der Waals surface area (Å²) in [6.45, 7) is 2.49. The second-order valence-corrected chi connectivity index (χ2v) is 7.75. The van der Waals surface area contributed by atoms with Crippen molar-refractivity contribution in [2.24, 2.45) is 0 Å². The molecule has 3 N–H and O–H groups in total. The van der Waals surface area contributed by atoms with Crippen LogP contribution in [-0.2, 0) is 13.2 Å². The molecule has 0 aliphatic carbocycles. The molecule has 0 bridgehead atoms. The highest BCUT2D eigenvalue weighted by molar-refractivity contribution is 6.02. The van der Waals surface area contributed by atoms with Gasteiger partial charge in [0.1, 0.15) is 24.4 Å². The van der Waals surface area contributed by atoms with Crippen molar-refractivity contribution in [1.82, 2.24) is 10.3 Å². The first-order valence-corrected chi connectivity index (χ1v) is 11.3. The summed E-state index contributed by atoms with van der Waals surface area (Å²) in [5.41, 5.74) is 3.06. The standard InChI is InChI=1S/C27H28N4O4/c1-33-24-9-5-8-21(16-24)17-28-14-15-29-27-31-25(19-35-27)26(32)30-22-10-12-23(13-11-22)34-18-20-6-3-2-4-7-20/h2-13,16,19,28H,14-15,17-18H2,1H3,(H,29,31)(H,30,32). The molecule has 0 atom stereocenters. The Balaban J connectivity index is 1.18. The maximum absolute atomic E-state index is 12.5. The quantitative estimate of drug-likeness (QED) is 0.257. The summed E-state index contributed by atoms with van der Waals surface area (Å²) in [5.74, 6) is 1.20. The number of aromatic nitrogens is 1. The van der Waals surface area contributed by atoms with Crippen LogP contribution >= 0.6 is 0 Å². The fourth-order valence-corrected chi connectivity index (χ4v) is 3.30. The van der Waals surface area contributed by atoms with Gasteiger partial charge in [-0.05, 0) is 47.5 Å². The fraction of sp³-hybridized carbons (Fsp3) is 0.185. The highest BCUT2D eigenvalue weighted by atomic mass is 16.5. The molecule has 0 saturated heterocycles. The molecular weight excluding hydrogens is 444 g/mol. The van der Waals surface area contributed by atoms with Crippen molar-refractivity contribution in [2.75, 3.05) is 30.8 Å². The number of carbonyl (C=O) groups is 1. The Morgan fingerprint density at radius 1 is 0.914 bits per heavy atom. The van der Waals surface area contributed by atoms with E-state index in [1.165, 1.54) is 6.26 Å². The van der Waals surface area contributed by atoms with E-state index in [4.69, 9.17) is 13.9 Å². The smallest absolute Gasteiger partial charge is 0.295 e. The maximum atomic E-state index is 12.5. The predicted octanol–water partition coefficient (Wildman–Crippen LogP) is 4.72. The van der Waals surface area contributed by atoms with Gasteiger partial charge in [0.2, 0.25) is 0 Å². The van der Waals surface area contributed by atoms with Gasteiger partial charge in [-0.3, -0.25) is 4.79 Å². The molecule has 1 aromatic heterocycles. The lowest BCUT2D eigenvalue weighted by Crippen LogP contribution is -2.22. The first-order valence-electron chi connectivity index (χ1n) is 11.3. The number of hydrogen-bond donors (Lipinski definition) is 3. The lowest BCUT2D eigenvalue weighted by Gasteiger charge is -2.08. The Morgan fingerprint density at radius 3 is 2.51 bits per heavy atom. The van der Waals surface area contributed by atoms with E-state index in [0.717, 1.165) is 22.6 Å². The van der Waals surface area contributed by atoms with E-state index in [1.54, 1.807) is 19.2 Å². The zero-order valence-electron chi connectivity index (χ0n) is 19.5. The normalized spacial score (nSPS) is 10.5. The number of hydrogen-bond acceptors (Lipinski definition) is 7. The number of amides is 1. The number of rotatable bonds is 12. The monoisotopic (exact) mass is 472 g/mol. The van der Waals surface area contributed by atoms with Gasteiger partial charge in [-0.2, -0.15) is 4.98 Å². The minimum Gasteiger partial charge on any atom is -0.497 e. The third kappa shape index (κ3) is 7.35. The number of oxazole rings is 1. The molecule has 0 unspecified atom stereocenters. The Bertz CT molecular complexity index is 1210. The van der Waals surface area contributed by atoms with Crippen molar-refractivity contribution in [3.05, 3.63) is 102 Å². The summed E-state index contributed by atoms with van der Waals surface area (Å²) in [4.78, 5) is 16.7. The van der Waals surface area contributed by atoms with E-state index in [1.807, 2.05) is 66.7 Å². The van der Waals surface area contributed by atoms with Gasteiger partial charge in [-0.25, -0.2) is 0 Å². The van der Waals surface area contributed by atoms with Gasteiger partial charge in [0, 0.05) is 25.3 Å². The van der Waals surface area contributed by atoms with Crippen LogP contribution in [0.15, 0.2) is 89.5 Å². The van der Waals surface area contributed by atoms with Gasteiger partial charge < -0.3 is 29.8 Å². The van der Waals surface area contributed by atoms with Gasteiger partial charge in [0.15, 0.2) is 5.69 Å². The van der Waals surface area contributed by atoms with Gasteiger partial charge >= 0.3 is 0 Å². The van der Waals surface area contributed by atoms with Crippen LogP contribution in [0, 0.1) is 0 Å². The van der Waals surface area contributed by atoms with E-state index >= 15 is 0 Å². The van der Waals surface area contributed by atoms with Gasteiger partial charge in [-0.1, -0.05) is 42.5 Å². The summed E-state index contributed by atoms with van der Waals surface area (Å²) in [6.07, 6.45) is 1.33. The second kappa shape index (κ2) is 12.2. The van der Waals surface area contributed by atoms with Gasteiger partial charge in [0.25, 0.3) is 11.9 Å². The van der Waals surface area contributed by atoms with Crippen LogP contribution in [-0.4, -0.2) is 31.1 Å². The molecule has 0 radical (unpaired) electrons. The molecule has 0 spiro atoms. The third-order valence-corrected chi connectivity index (χ3v) is 5.14. The summed E-state index contributed by atoms with van der Waals surface area (Å²) in [5, 5.41) is 9.21. The molecular formula is C27H28N4O4. The molecule has 8 heteroatoms. The molecule has 1 amide bonds. The van der Waals surface area contributed by atoms with Crippen molar-refractivity contribution in [1.29, 1.82) is 0 Å². The molecule has 0 aliphatic heterocycles. The molecule has 4 rings (SSSR count). The number of nitrogens with zero attached hydrogens (tertiary/aromatic N) is 1. The second-order valence-electron chi connectivity index (χ2n) is 7.75. The molecule has 8 nitrogen and oxygen atoms in total. The zero-order valence-corrected chi connectivity index (χ0v) is 19.5. The first kappa shape index (κ1) is 23.8. The Kier molecular flexibility index (Phi) is 8.34. The minimum absolute atomic E-state index is 0.196. The highest BCUT2D eigenvalue weighted by Crippen LogP contribution is 2.18. The topological polar surface area (TPSA) is 97.7 Å². The first-order chi connectivity index (χ1) is 17.2. The van der Waals surface area contributed by atoms with Gasteiger partial charge in [0.05, 0.1) is 7.11 Å². The summed E-state index contributed by atoms with van der Waals surface area (Å²) < 4.78 is 16.4. The molecule has 0 saturated carbocycles. The van der Waals surface area contributed by atoms with Crippen molar-refractivity contribution >= 4 is 17.6 Å². The van der Waals surface area contributed by atoms with E-state index in [0.29, 0.717) is 37.9 Å². The number of ether oxygens (including phenoxy) is 2. The lowest BCUT2D eigenvalue weighted by atomic mass is 10.2. The largest absolute Gasteiger partial charge is 0.497 e. The number of methoxy groups -OCH3 is 1. The fourth-order valence-electron chi connectivity index (χ4n) is 3.30. The van der Waals surface area contributed by atoms with Crippen LogP contribution < -0.4 is 25.4 Å². The van der Waals surface area contributed by atoms with Crippen molar-refractivity contribution < 1.29 is 18.7 Å². The van der Waals surface area contributed by atoms with Crippen LogP contribution in [0.1, 0.15) is 21.6 Å². The van der Waals surface area contributed by atoms with Crippen LogP contribution in [0.25, 0.3) is 0 Å². The molecule has 1 heterocycles. The van der Waals surface area contributed by atoms with E-state index < -0.39 is 0 Å². The molecule has 0 fully saturated rings. The van der Waals surface area contributed by atoms with E-state index in [-0.39, 0.29) is 11.6 Å². The summed E-state index contributed by atoms with van der Waals surface area (Å²) >= 11 is 0. The number of nitrogens with one attached hydrogen (secondary N) is 3. The van der Waals surface area contributed by atoms with Crippen LogP contribution in [0.2, 0.25) is 0 Å². The Morgan fingerprint density at radius 2 is 1.71 bits per heavy atom. The zero-order chi connectivity index (χ0) is 24.3. The average Bonchev–Trinajstić information content (AvgIpc) is 3.38. The van der Waals surface area contributed by atoms with Crippen LogP contribution in [0.4, 0.5) is 11.7 Å². The summed E-state index contributed by atoms with van der Waals surface area (Å²) in [6, 6.07) is 25.3.